The summed E-state index contributed by atoms with van der Waals surface area (Å²) < 4.78 is 59.2. The summed E-state index contributed by atoms with van der Waals surface area (Å²) in [5.74, 6) is 0. The quantitative estimate of drug-likeness (QED) is 0.603. The zero-order valence-corrected chi connectivity index (χ0v) is 9.56. The van der Waals surface area contributed by atoms with E-state index in [4.69, 9.17) is 5.11 Å². The molecule has 1 aromatic rings. The second-order valence-corrected chi connectivity index (χ2v) is 5.19. The monoisotopic (exact) mass is 282 g/mol. The van der Waals surface area contributed by atoms with E-state index in [0.29, 0.717) is 0 Å². The van der Waals surface area contributed by atoms with E-state index in [1.54, 1.807) is 0 Å². The second kappa shape index (κ2) is 4.82. The molecule has 102 valence electrons. The predicted molar refractivity (Wildman–Crippen MR) is 56.5 cm³/mol. The Morgan fingerprint density at radius 3 is 1.71 bits per heavy atom. The number of rotatable bonds is 3. The molecule has 0 saturated carbocycles. The van der Waals surface area contributed by atoms with Crippen LogP contribution >= 0.6 is 7.81 Å². The molecular formula is C9H13F6OP. The molecule has 0 amide bonds. The molecule has 1 nitrogen and oxygen atoms in total. The molecule has 17 heavy (non-hydrogen) atoms. The second-order valence-electron chi connectivity index (χ2n) is 3.27. The molecule has 0 unspecified atom stereocenters. The van der Waals surface area contributed by atoms with Crippen LogP contribution in [0.5, 0.6) is 0 Å². The Labute approximate surface area is 95.8 Å². The number of aliphatic hydroxyl groups is 1. The van der Waals surface area contributed by atoms with Crippen molar-refractivity contribution in [3.63, 3.8) is 0 Å². The van der Waals surface area contributed by atoms with E-state index in [1.165, 1.54) is 5.56 Å². The van der Waals surface area contributed by atoms with Crippen molar-refractivity contribution in [2.45, 2.75) is 12.8 Å². The Bertz CT molecular complexity index is 326. The first-order valence-corrected chi connectivity index (χ1v) is 6.62. The average Bonchev–Trinajstić information content (AvgIpc) is 2.11. The van der Waals surface area contributed by atoms with Gasteiger partial charge in [-0.15, -0.1) is 0 Å². The minimum absolute atomic E-state index is 0. The fourth-order valence-electron chi connectivity index (χ4n) is 0.928. The molecule has 0 saturated heterocycles. The number of hydrogen-bond donors (Lipinski definition) is 1. The summed E-state index contributed by atoms with van der Waals surface area (Å²) in [6.07, 6.45) is 1.85. The van der Waals surface area contributed by atoms with E-state index in [9.17, 15) is 25.2 Å². The maximum atomic E-state index is 9.87. The van der Waals surface area contributed by atoms with Gasteiger partial charge in [0.1, 0.15) is 0 Å². The van der Waals surface area contributed by atoms with Crippen molar-refractivity contribution in [3.8, 4) is 0 Å². The molecule has 0 bridgehead atoms. The molecule has 0 heterocycles. The normalized spacial score (nSPS) is 15.2. The number of aryl methyl sites for hydroxylation is 1. The Morgan fingerprint density at radius 2 is 1.35 bits per heavy atom. The Hall–Kier alpha value is -0.810. The first-order chi connectivity index (χ1) is 7.38. The van der Waals surface area contributed by atoms with Crippen LogP contribution in [-0.2, 0) is 6.42 Å². The molecule has 0 atom stereocenters. The van der Waals surface area contributed by atoms with Gasteiger partial charge in [-0.1, -0.05) is 30.3 Å². The standard InChI is InChI=1S/C9H12O.F6P/c10-8-4-7-9-5-2-1-3-6-9;1-7(2,3,4,5)6/h1-3,5-6,10H,4,7-8H2;/q;-1/p+1. The van der Waals surface area contributed by atoms with E-state index < -0.39 is 7.81 Å². The summed E-state index contributed by atoms with van der Waals surface area (Å²) in [6, 6.07) is 10.2. The minimum Gasteiger partial charge on any atom is -0.396 e. The molecule has 0 aliphatic heterocycles. The van der Waals surface area contributed by atoms with Crippen LogP contribution in [0.25, 0.3) is 0 Å². The van der Waals surface area contributed by atoms with Crippen molar-refractivity contribution in [1.29, 1.82) is 0 Å². The minimum atomic E-state index is -10.7. The van der Waals surface area contributed by atoms with Gasteiger partial charge in [-0.25, -0.2) is 0 Å². The molecule has 0 aliphatic carbocycles. The molecule has 1 aromatic carbocycles. The van der Waals surface area contributed by atoms with Gasteiger partial charge in [0, 0.05) is 6.61 Å². The van der Waals surface area contributed by atoms with Crippen molar-refractivity contribution in [2.75, 3.05) is 6.61 Å². The van der Waals surface area contributed by atoms with Crippen LogP contribution in [0.4, 0.5) is 25.2 Å². The zero-order valence-electron chi connectivity index (χ0n) is 9.67. The summed E-state index contributed by atoms with van der Waals surface area (Å²) >= 11 is 0. The van der Waals surface area contributed by atoms with Crippen molar-refractivity contribution in [1.82, 2.24) is 0 Å². The summed E-state index contributed by atoms with van der Waals surface area (Å²) in [6.45, 7) is 0.287. The molecule has 8 heteroatoms. The molecule has 0 aliphatic rings. The van der Waals surface area contributed by atoms with Crippen molar-refractivity contribution < 1.29 is 31.7 Å². The van der Waals surface area contributed by atoms with Crippen molar-refractivity contribution in [3.05, 3.63) is 35.9 Å². The van der Waals surface area contributed by atoms with Gasteiger partial charge in [0.05, 0.1) is 0 Å². The van der Waals surface area contributed by atoms with E-state index >= 15 is 0 Å². The zero-order chi connectivity index (χ0) is 13.6. The fourth-order valence-corrected chi connectivity index (χ4v) is 0.928. The largest absolute Gasteiger partial charge is 1.00 e. The SMILES string of the molecule is F[P-](F)(F)(F)(F)F.OCCCc1ccccc1.[H+]. The summed E-state index contributed by atoms with van der Waals surface area (Å²) in [5.41, 5.74) is 1.30. The summed E-state index contributed by atoms with van der Waals surface area (Å²) in [4.78, 5) is 0. The van der Waals surface area contributed by atoms with Crippen LogP contribution in [0.1, 0.15) is 13.4 Å². The van der Waals surface area contributed by atoms with Crippen LogP contribution in [0.15, 0.2) is 30.3 Å². The Morgan fingerprint density at radius 1 is 0.941 bits per heavy atom. The molecule has 1 N–H and O–H groups in total. The van der Waals surface area contributed by atoms with Gasteiger partial charge in [-0.05, 0) is 18.4 Å². The van der Waals surface area contributed by atoms with Crippen molar-refractivity contribution in [2.24, 2.45) is 0 Å². The molecule has 0 spiro atoms. The van der Waals surface area contributed by atoms with Gasteiger partial charge in [-0.2, -0.15) is 0 Å². The van der Waals surface area contributed by atoms with E-state index in [2.05, 4.69) is 12.1 Å². The molecule has 1 rings (SSSR count). The van der Waals surface area contributed by atoms with Crippen molar-refractivity contribution >= 4 is 7.81 Å². The maximum Gasteiger partial charge on any atom is 1.00 e. The van der Waals surface area contributed by atoms with E-state index in [-0.39, 0.29) is 8.03 Å². The number of aliphatic hydroxyl groups excluding tert-OH is 1. The average molecular weight is 282 g/mol. The van der Waals surface area contributed by atoms with Gasteiger partial charge < -0.3 is 5.11 Å². The first kappa shape index (κ1) is 16.2. The molecule has 0 fully saturated rings. The van der Waals surface area contributed by atoms with E-state index in [1.807, 2.05) is 18.2 Å². The predicted octanol–water partition coefficient (Wildman–Crippen LogP) is 5.11. The third kappa shape index (κ3) is 21.1. The third-order valence-electron chi connectivity index (χ3n) is 1.47. The molecule has 0 radical (unpaired) electrons. The Kier molecular flexibility index (Phi) is 4.59. The topological polar surface area (TPSA) is 20.2 Å². The van der Waals surface area contributed by atoms with Crippen LogP contribution in [0, 0.1) is 0 Å². The summed E-state index contributed by atoms with van der Waals surface area (Å²) in [7, 11) is -10.7. The van der Waals surface area contributed by atoms with Crippen LogP contribution in [0.2, 0.25) is 0 Å². The van der Waals surface area contributed by atoms with Gasteiger partial charge in [0.25, 0.3) is 0 Å². The third-order valence-corrected chi connectivity index (χ3v) is 1.47. The van der Waals surface area contributed by atoms with Gasteiger partial charge in [0.2, 0.25) is 0 Å². The van der Waals surface area contributed by atoms with Gasteiger partial charge >= 0.3 is 34.4 Å². The number of halogens is 6. The molecular weight excluding hydrogens is 269 g/mol. The fraction of sp³-hybridized carbons (Fsp3) is 0.333. The first-order valence-electron chi connectivity index (χ1n) is 4.59. The Balaban J connectivity index is 0. The van der Waals surface area contributed by atoms with Gasteiger partial charge in [0.15, 0.2) is 0 Å². The number of hydrogen-bond acceptors (Lipinski definition) is 1. The van der Waals surface area contributed by atoms with Gasteiger partial charge in [-0.3, -0.25) is 0 Å². The summed E-state index contributed by atoms with van der Waals surface area (Å²) in [5, 5.41) is 8.53. The smallest absolute Gasteiger partial charge is 0.396 e. The maximum absolute atomic E-state index is 10.7. The molecule has 0 aromatic heterocycles. The number of benzene rings is 1. The van der Waals surface area contributed by atoms with Crippen LogP contribution in [-0.4, -0.2) is 11.7 Å². The van der Waals surface area contributed by atoms with Crippen LogP contribution in [0.3, 0.4) is 0 Å². The van der Waals surface area contributed by atoms with Crippen LogP contribution < -0.4 is 0 Å². The van der Waals surface area contributed by atoms with E-state index in [0.717, 1.165) is 12.8 Å².